The fourth-order valence-electron chi connectivity index (χ4n) is 2.85. The number of hydrogen-bond donors (Lipinski definition) is 1. The summed E-state index contributed by atoms with van der Waals surface area (Å²) in [7, 11) is 0. The Labute approximate surface area is 149 Å². The van der Waals surface area contributed by atoms with Crippen LogP contribution in [0.1, 0.15) is 11.1 Å². The third-order valence-corrected chi connectivity index (χ3v) is 4.19. The van der Waals surface area contributed by atoms with Gasteiger partial charge in [-0.25, -0.2) is 9.67 Å². The number of amides is 1. The number of hydrogen-bond acceptors (Lipinski definition) is 5. The van der Waals surface area contributed by atoms with E-state index in [1.807, 2.05) is 41.0 Å². The number of aryl methyl sites for hydroxylation is 1. The van der Waals surface area contributed by atoms with Gasteiger partial charge in [0.05, 0.1) is 17.6 Å². The number of anilines is 1. The molecule has 0 spiro atoms. The number of imidazole rings is 1. The Balaban J connectivity index is 1.67. The van der Waals surface area contributed by atoms with Gasteiger partial charge >= 0.3 is 0 Å². The molecule has 130 valence electrons. The van der Waals surface area contributed by atoms with Crippen LogP contribution in [-0.2, 0) is 17.9 Å². The molecule has 1 N–H and O–H groups in total. The van der Waals surface area contributed by atoms with Crippen LogP contribution in [0.2, 0.25) is 0 Å². The quantitative estimate of drug-likeness (QED) is 0.596. The van der Waals surface area contributed by atoms with Crippen LogP contribution in [0, 0.1) is 6.92 Å². The van der Waals surface area contributed by atoms with E-state index in [1.54, 1.807) is 0 Å². The number of benzene rings is 2. The highest BCUT2D eigenvalue weighted by molar-refractivity contribution is 5.91. The average molecular weight is 347 g/mol. The molecule has 2 heterocycles. The standard InChI is InChI=1S/C18H17N7O/c1-13-6-2-3-7-14(13)10-25-16-9-5-4-8-15(16)20-18(25)21-17(26)11-24-12-19-22-23-24/h2-9,12H,10-11H2,1H3,(H,20,21,26). The highest BCUT2D eigenvalue weighted by atomic mass is 16.2. The molecule has 0 fully saturated rings. The molecular weight excluding hydrogens is 330 g/mol. The van der Waals surface area contributed by atoms with Crippen LogP contribution < -0.4 is 5.32 Å². The van der Waals surface area contributed by atoms with Crippen LogP contribution in [-0.4, -0.2) is 35.7 Å². The summed E-state index contributed by atoms with van der Waals surface area (Å²) in [5, 5.41) is 13.6. The second-order valence-electron chi connectivity index (χ2n) is 5.99. The lowest BCUT2D eigenvalue weighted by Crippen LogP contribution is -2.21. The van der Waals surface area contributed by atoms with Gasteiger partial charge in [-0.15, -0.1) is 5.10 Å². The van der Waals surface area contributed by atoms with Crippen LogP contribution >= 0.6 is 0 Å². The van der Waals surface area contributed by atoms with Crippen molar-refractivity contribution in [1.82, 2.24) is 29.8 Å². The molecule has 8 heteroatoms. The number of aromatic nitrogens is 6. The lowest BCUT2D eigenvalue weighted by molar-refractivity contribution is -0.117. The summed E-state index contributed by atoms with van der Waals surface area (Å²) in [6.45, 7) is 2.72. The van der Waals surface area contributed by atoms with Gasteiger partial charge < -0.3 is 4.57 Å². The van der Waals surface area contributed by atoms with Crippen LogP contribution in [0.4, 0.5) is 5.95 Å². The third-order valence-electron chi connectivity index (χ3n) is 4.19. The first-order chi connectivity index (χ1) is 12.7. The minimum atomic E-state index is -0.237. The minimum absolute atomic E-state index is 0.0283. The lowest BCUT2D eigenvalue weighted by Gasteiger charge is -2.12. The summed E-state index contributed by atoms with van der Waals surface area (Å²) in [5.74, 6) is 0.270. The SMILES string of the molecule is Cc1ccccc1Cn1c(NC(=O)Cn2cnnn2)nc2ccccc21. The molecule has 4 rings (SSSR count). The Bertz CT molecular complexity index is 1050. The Kier molecular flexibility index (Phi) is 4.14. The van der Waals surface area contributed by atoms with Gasteiger partial charge in [0.1, 0.15) is 12.9 Å². The maximum absolute atomic E-state index is 12.3. The Morgan fingerprint density at radius 1 is 1.12 bits per heavy atom. The van der Waals surface area contributed by atoms with Crippen LogP contribution in [0.3, 0.4) is 0 Å². The van der Waals surface area contributed by atoms with E-state index in [9.17, 15) is 4.79 Å². The predicted octanol–water partition coefficient (Wildman–Crippen LogP) is 2.02. The van der Waals surface area contributed by atoms with Gasteiger partial charge in [0.2, 0.25) is 11.9 Å². The summed E-state index contributed by atoms with van der Waals surface area (Å²) < 4.78 is 3.37. The summed E-state index contributed by atoms with van der Waals surface area (Å²) >= 11 is 0. The van der Waals surface area contributed by atoms with Gasteiger partial charge in [-0.1, -0.05) is 36.4 Å². The van der Waals surface area contributed by atoms with E-state index < -0.39 is 0 Å². The first kappa shape index (κ1) is 15.9. The molecule has 0 aliphatic rings. The summed E-state index contributed by atoms with van der Waals surface area (Å²) in [6.07, 6.45) is 1.40. The number of tetrazole rings is 1. The van der Waals surface area contributed by atoms with Gasteiger partial charge in [0, 0.05) is 0 Å². The van der Waals surface area contributed by atoms with E-state index in [4.69, 9.17) is 0 Å². The Morgan fingerprint density at radius 2 is 1.92 bits per heavy atom. The van der Waals surface area contributed by atoms with Gasteiger partial charge in [0.15, 0.2) is 0 Å². The van der Waals surface area contributed by atoms with Crippen molar-refractivity contribution in [3.63, 3.8) is 0 Å². The molecule has 26 heavy (non-hydrogen) atoms. The van der Waals surface area contributed by atoms with Crippen molar-refractivity contribution >= 4 is 22.9 Å². The second-order valence-corrected chi connectivity index (χ2v) is 5.99. The number of para-hydroxylation sites is 2. The van der Waals surface area contributed by atoms with Gasteiger partial charge in [-0.05, 0) is 40.6 Å². The molecule has 4 aromatic rings. The zero-order valence-electron chi connectivity index (χ0n) is 14.2. The van der Waals surface area contributed by atoms with Crippen molar-refractivity contribution in [3.8, 4) is 0 Å². The molecule has 0 aliphatic carbocycles. The van der Waals surface area contributed by atoms with Gasteiger partial charge in [-0.2, -0.15) is 0 Å². The van der Waals surface area contributed by atoms with E-state index >= 15 is 0 Å². The van der Waals surface area contributed by atoms with Crippen molar-refractivity contribution in [2.45, 2.75) is 20.0 Å². The smallest absolute Gasteiger partial charge is 0.248 e. The van der Waals surface area contributed by atoms with Crippen molar-refractivity contribution in [2.75, 3.05) is 5.32 Å². The van der Waals surface area contributed by atoms with E-state index in [0.717, 1.165) is 11.0 Å². The normalized spacial score (nSPS) is 11.0. The van der Waals surface area contributed by atoms with Crippen molar-refractivity contribution in [1.29, 1.82) is 0 Å². The van der Waals surface area contributed by atoms with Crippen LogP contribution in [0.25, 0.3) is 11.0 Å². The van der Waals surface area contributed by atoms with Gasteiger partial charge in [0.25, 0.3) is 0 Å². The zero-order chi connectivity index (χ0) is 17.9. The Hall–Kier alpha value is -3.55. The molecule has 0 bridgehead atoms. The molecule has 1 amide bonds. The first-order valence-corrected chi connectivity index (χ1v) is 8.21. The lowest BCUT2D eigenvalue weighted by atomic mass is 10.1. The topological polar surface area (TPSA) is 90.5 Å². The van der Waals surface area contributed by atoms with Crippen molar-refractivity contribution < 1.29 is 4.79 Å². The second kappa shape index (κ2) is 6.75. The van der Waals surface area contributed by atoms with E-state index in [-0.39, 0.29) is 12.5 Å². The molecule has 0 saturated carbocycles. The number of nitrogens with one attached hydrogen (secondary N) is 1. The predicted molar refractivity (Wildman–Crippen MR) is 96.5 cm³/mol. The number of fused-ring (bicyclic) bond motifs is 1. The minimum Gasteiger partial charge on any atom is -0.305 e. The highest BCUT2D eigenvalue weighted by Crippen LogP contribution is 2.22. The molecule has 0 radical (unpaired) electrons. The van der Waals surface area contributed by atoms with Crippen molar-refractivity contribution in [3.05, 3.63) is 66.0 Å². The molecule has 0 unspecified atom stereocenters. The molecular formula is C18H17N7O. The number of carbonyl (C=O) groups is 1. The molecule has 2 aromatic heterocycles. The van der Waals surface area contributed by atoms with Gasteiger partial charge in [-0.3, -0.25) is 10.1 Å². The largest absolute Gasteiger partial charge is 0.305 e. The van der Waals surface area contributed by atoms with Crippen LogP contribution in [0.5, 0.6) is 0 Å². The average Bonchev–Trinajstić information content (AvgIpc) is 3.25. The van der Waals surface area contributed by atoms with Crippen LogP contribution in [0.15, 0.2) is 54.9 Å². The zero-order valence-corrected chi connectivity index (χ0v) is 14.2. The summed E-state index contributed by atoms with van der Waals surface area (Å²) in [5.41, 5.74) is 4.16. The monoisotopic (exact) mass is 347 g/mol. The number of nitrogens with zero attached hydrogens (tertiary/aromatic N) is 6. The molecule has 0 saturated heterocycles. The summed E-state index contributed by atoms with van der Waals surface area (Å²) in [4.78, 5) is 16.9. The first-order valence-electron chi connectivity index (χ1n) is 8.21. The van der Waals surface area contributed by atoms with E-state index in [0.29, 0.717) is 12.5 Å². The van der Waals surface area contributed by atoms with E-state index in [1.165, 1.54) is 22.1 Å². The molecule has 2 aromatic carbocycles. The highest BCUT2D eigenvalue weighted by Gasteiger charge is 2.14. The number of rotatable bonds is 5. The molecule has 8 nitrogen and oxygen atoms in total. The molecule has 0 aliphatic heterocycles. The maximum atomic E-state index is 12.3. The summed E-state index contributed by atoms with van der Waals surface area (Å²) in [6, 6.07) is 16.0. The fraction of sp³-hybridized carbons (Fsp3) is 0.167. The number of carbonyl (C=O) groups excluding carboxylic acids is 1. The van der Waals surface area contributed by atoms with E-state index in [2.05, 4.69) is 44.9 Å². The third kappa shape index (κ3) is 3.16. The van der Waals surface area contributed by atoms with Crippen molar-refractivity contribution in [2.24, 2.45) is 0 Å². The Morgan fingerprint density at radius 3 is 2.73 bits per heavy atom. The molecule has 0 atom stereocenters. The maximum Gasteiger partial charge on any atom is 0.248 e. The fourth-order valence-corrected chi connectivity index (χ4v) is 2.85.